The Morgan fingerprint density at radius 3 is 2.53 bits per heavy atom. The highest BCUT2D eigenvalue weighted by Crippen LogP contribution is 2.30. The van der Waals surface area contributed by atoms with Crippen LogP contribution in [0.4, 0.5) is 4.39 Å². The summed E-state index contributed by atoms with van der Waals surface area (Å²) >= 11 is 5.67. The van der Waals surface area contributed by atoms with Crippen molar-refractivity contribution < 1.29 is 33.3 Å². The van der Waals surface area contributed by atoms with Gasteiger partial charge in [-0.3, -0.25) is 19.0 Å². The molecule has 5 rings (SSSR count). The number of nitrogens with one attached hydrogen (secondary N) is 1. The number of aromatic amines is 1. The van der Waals surface area contributed by atoms with Crippen LogP contribution >= 0.6 is 11.6 Å². The van der Waals surface area contributed by atoms with E-state index in [1.807, 2.05) is 30.3 Å². The number of aliphatic hydroxyl groups excluding tert-OH is 1. The van der Waals surface area contributed by atoms with Gasteiger partial charge in [0.05, 0.1) is 31.1 Å². The van der Waals surface area contributed by atoms with E-state index < -0.39 is 59.4 Å². The molecule has 4 aromatic rings. The van der Waals surface area contributed by atoms with Crippen molar-refractivity contribution in [2.24, 2.45) is 0 Å². The quantitative estimate of drug-likeness (QED) is 0.285. The number of benzene rings is 2. The van der Waals surface area contributed by atoms with E-state index in [9.17, 15) is 33.5 Å². The lowest BCUT2D eigenvalue weighted by atomic mass is 10.1. The Morgan fingerprint density at radius 2 is 1.81 bits per heavy atom. The Labute approximate surface area is 246 Å². The molecule has 3 heterocycles. The maximum Gasteiger partial charge on any atom is 0.344 e. The molecule has 12 nitrogen and oxygen atoms in total. The summed E-state index contributed by atoms with van der Waals surface area (Å²) in [7, 11) is 0. The molecule has 0 spiro atoms. The molecule has 222 valence electrons. The van der Waals surface area contributed by atoms with Gasteiger partial charge in [0.1, 0.15) is 17.4 Å². The summed E-state index contributed by atoms with van der Waals surface area (Å²) < 4.78 is 32.4. The lowest BCUT2D eigenvalue weighted by Crippen LogP contribution is -2.46. The predicted molar refractivity (Wildman–Crippen MR) is 149 cm³/mol. The van der Waals surface area contributed by atoms with E-state index in [1.54, 1.807) is 0 Å². The third-order valence-electron chi connectivity index (χ3n) is 6.64. The summed E-state index contributed by atoms with van der Waals surface area (Å²) in [5.41, 5.74) is -2.92. The van der Waals surface area contributed by atoms with E-state index in [0.29, 0.717) is 6.20 Å². The molecule has 2 aromatic carbocycles. The number of rotatable bonds is 8. The third-order valence-corrected chi connectivity index (χ3v) is 6.93. The molecule has 1 fully saturated rings. The van der Waals surface area contributed by atoms with E-state index in [1.165, 1.54) is 18.2 Å². The number of hydrogen-bond donors (Lipinski definition) is 2. The van der Waals surface area contributed by atoms with Crippen LogP contribution in [0.25, 0.3) is 0 Å². The highest BCUT2D eigenvalue weighted by Gasteiger charge is 2.38. The Kier molecular flexibility index (Phi) is 8.78. The average Bonchev–Trinajstić information content (AvgIpc) is 3.43. The fourth-order valence-electron chi connectivity index (χ4n) is 4.48. The maximum absolute atomic E-state index is 14.8. The molecular formula is C29H23ClFN3O9. The van der Waals surface area contributed by atoms with Gasteiger partial charge in [-0.1, -0.05) is 48.0 Å². The van der Waals surface area contributed by atoms with Gasteiger partial charge in [-0.25, -0.2) is 9.59 Å². The van der Waals surface area contributed by atoms with Crippen molar-refractivity contribution in [3.05, 3.63) is 132 Å². The minimum absolute atomic E-state index is 0.0118. The minimum atomic E-state index is -1.51. The number of esters is 1. The molecule has 2 N–H and O–H groups in total. The molecule has 2 aromatic heterocycles. The number of nitrogens with zero attached hydrogens (tertiary/aromatic N) is 2. The number of pyridine rings is 1. The Balaban J connectivity index is 1.39. The standard InChI is InChI=1S/C29H23ClFN3O9/c30-19-12-32-24(10-21(19)36)43-28(39)18-8-4-7-17(9-18)26(37)34-27(38)20(31)13-33(29(34)40)25-11-22(23(14-35)42-25)41-15-16-5-2-1-3-6-16/h1-10,12-13,22-23,25,35H,11,14-15H2,(H,32,36)/t22-,23+,25+/m0/s1. The molecule has 1 saturated heterocycles. The van der Waals surface area contributed by atoms with Gasteiger partial charge >= 0.3 is 11.7 Å². The molecule has 1 aliphatic heterocycles. The average molecular weight is 612 g/mol. The van der Waals surface area contributed by atoms with Crippen molar-refractivity contribution in [1.29, 1.82) is 0 Å². The monoisotopic (exact) mass is 611 g/mol. The molecule has 1 aliphatic rings. The van der Waals surface area contributed by atoms with Crippen LogP contribution in [0.3, 0.4) is 0 Å². The van der Waals surface area contributed by atoms with Crippen molar-refractivity contribution >= 4 is 23.5 Å². The van der Waals surface area contributed by atoms with Crippen molar-refractivity contribution in [2.45, 2.75) is 31.5 Å². The van der Waals surface area contributed by atoms with Crippen LogP contribution in [-0.2, 0) is 16.1 Å². The van der Waals surface area contributed by atoms with Gasteiger partial charge in [-0.05, 0) is 23.8 Å². The summed E-state index contributed by atoms with van der Waals surface area (Å²) in [4.78, 5) is 66.2. The van der Waals surface area contributed by atoms with Crippen LogP contribution in [-0.4, -0.2) is 49.9 Å². The minimum Gasteiger partial charge on any atom is -0.406 e. The van der Waals surface area contributed by atoms with E-state index in [0.717, 1.165) is 28.5 Å². The summed E-state index contributed by atoms with van der Waals surface area (Å²) in [6.45, 7) is -0.273. The SMILES string of the molecule is O=C(Oc1cc(=O)c(Cl)c[nH]1)c1cccc(C(=O)n2c(=O)c(F)cn([C@H]3C[C@H](OCc4ccccc4)[C@@H](CO)O3)c2=O)c1. The zero-order chi connectivity index (χ0) is 30.7. The number of aromatic nitrogens is 3. The van der Waals surface area contributed by atoms with Crippen molar-refractivity contribution in [2.75, 3.05) is 6.61 Å². The van der Waals surface area contributed by atoms with Gasteiger partial charge in [0, 0.05) is 24.2 Å². The number of hydrogen-bond acceptors (Lipinski definition) is 9. The number of carbonyl (C=O) groups excluding carboxylic acids is 2. The molecule has 3 atom stereocenters. The fourth-order valence-corrected chi connectivity index (χ4v) is 4.59. The second kappa shape index (κ2) is 12.7. The van der Waals surface area contributed by atoms with Gasteiger partial charge < -0.3 is 24.3 Å². The molecule has 0 amide bonds. The van der Waals surface area contributed by atoms with Crippen LogP contribution in [0.15, 0.2) is 87.4 Å². The van der Waals surface area contributed by atoms with Gasteiger partial charge in [0.25, 0.3) is 11.5 Å². The van der Waals surface area contributed by atoms with Gasteiger partial charge in [-0.15, -0.1) is 0 Å². The Morgan fingerprint density at radius 1 is 1.07 bits per heavy atom. The summed E-state index contributed by atoms with van der Waals surface area (Å²) in [6, 6.07) is 15.0. The number of aliphatic hydroxyl groups is 1. The highest BCUT2D eigenvalue weighted by atomic mass is 35.5. The first-order valence-corrected chi connectivity index (χ1v) is 13.2. The van der Waals surface area contributed by atoms with Gasteiger partial charge in [-0.2, -0.15) is 8.96 Å². The van der Waals surface area contributed by atoms with Crippen LogP contribution < -0.4 is 21.4 Å². The van der Waals surface area contributed by atoms with Crippen molar-refractivity contribution in [3.63, 3.8) is 0 Å². The van der Waals surface area contributed by atoms with E-state index in [-0.39, 0.29) is 39.6 Å². The van der Waals surface area contributed by atoms with Crippen LogP contribution in [0.1, 0.15) is 38.9 Å². The molecule has 43 heavy (non-hydrogen) atoms. The van der Waals surface area contributed by atoms with E-state index in [4.69, 9.17) is 25.8 Å². The van der Waals surface area contributed by atoms with Crippen LogP contribution in [0.2, 0.25) is 5.02 Å². The summed E-state index contributed by atoms with van der Waals surface area (Å²) in [6.07, 6.45) is -0.937. The largest absolute Gasteiger partial charge is 0.406 e. The van der Waals surface area contributed by atoms with Gasteiger partial charge in [0.2, 0.25) is 17.1 Å². The first kappa shape index (κ1) is 29.8. The predicted octanol–water partition coefficient (Wildman–Crippen LogP) is 2.26. The lowest BCUT2D eigenvalue weighted by molar-refractivity contribution is -0.0661. The molecule has 0 unspecified atom stereocenters. The maximum atomic E-state index is 14.8. The Bertz CT molecular complexity index is 1850. The number of ether oxygens (including phenoxy) is 3. The first-order chi connectivity index (χ1) is 20.7. The smallest absolute Gasteiger partial charge is 0.344 e. The summed E-state index contributed by atoms with van der Waals surface area (Å²) in [5.74, 6) is -3.82. The molecule has 0 aliphatic carbocycles. The normalized spacial score (nSPS) is 18.0. The summed E-state index contributed by atoms with van der Waals surface area (Å²) in [5, 5.41) is 9.69. The Hall–Kier alpha value is -4.69. The van der Waals surface area contributed by atoms with Crippen molar-refractivity contribution in [3.8, 4) is 5.88 Å². The number of carbonyl (C=O) groups is 2. The third kappa shape index (κ3) is 6.39. The van der Waals surface area contributed by atoms with Crippen LogP contribution in [0, 0.1) is 5.82 Å². The molecular weight excluding hydrogens is 589 g/mol. The van der Waals surface area contributed by atoms with Crippen LogP contribution in [0.5, 0.6) is 5.88 Å². The second-order valence-corrected chi connectivity index (χ2v) is 9.88. The second-order valence-electron chi connectivity index (χ2n) is 9.47. The number of halogens is 2. The zero-order valence-electron chi connectivity index (χ0n) is 22.1. The van der Waals surface area contributed by atoms with E-state index in [2.05, 4.69) is 4.98 Å². The van der Waals surface area contributed by atoms with E-state index >= 15 is 0 Å². The molecule has 0 radical (unpaired) electrons. The molecule has 0 bridgehead atoms. The fraction of sp³-hybridized carbons (Fsp3) is 0.207. The first-order valence-electron chi connectivity index (χ1n) is 12.9. The van der Waals surface area contributed by atoms with Gasteiger partial charge in [0.15, 0.2) is 0 Å². The zero-order valence-corrected chi connectivity index (χ0v) is 22.9. The topological polar surface area (TPSA) is 159 Å². The lowest BCUT2D eigenvalue weighted by Gasteiger charge is -2.17. The highest BCUT2D eigenvalue weighted by molar-refractivity contribution is 6.30. The molecule has 0 saturated carbocycles. The molecule has 14 heteroatoms. The van der Waals surface area contributed by atoms with Crippen molar-refractivity contribution in [1.82, 2.24) is 14.1 Å². The number of H-pyrrole nitrogens is 1.